The Hall–Kier alpha value is -3.47. The van der Waals surface area contributed by atoms with E-state index in [1.54, 1.807) is 55.5 Å². The number of nitrogens with zero attached hydrogens (tertiary/aromatic N) is 2. The Morgan fingerprint density at radius 2 is 1.56 bits per heavy atom. The minimum atomic E-state index is -4.24. The number of sulfonamides is 1. The zero-order valence-electron chi connectivity index (χ0n) is 24.3. The largest absolute Gasteiger partial charge is 0.486 e. The Kier molecular flexibility index (Phi) is 10.8. The highest BCUT2D eigenvalue weighted by Gasteiger charge is 2.35. The van der Waals surface area contributed by atoms with Crippen LogP contribution in [0.5, 0.6) is 11.5 Å². The fourth-order valence-electron chi connectivity index (χ4n) is 4.65. The molecule has 1 aliphatic rings. The summed E-state index contributed by atoms with van der Waals surface area (Å²) in [7, 11) is -4.24. The van der Waals surface area contributed by atoms with Crippen LogP contribution in [0.15, 0.2) is 71.6 Å². The molecule has 0 bridgehead atoms. The van der Waals surface area contributed by atoms with Crippen LogP contribution in [0.25, 0.3) is 0 Å². The van der Waals surface area contributed by atoms with E-state index in [2.05, 4.69) is 5.32 Å². The van der Waals surface area contributed by atoms with Crippen molar-refractivity contribution in [3.8, 4) is 11.5 Å². The number of ether oxygens (including phenoxy) is 2. The summed E-state index contributed by atoms with van der Waals surface area (Å²) in [6.07, 6.45) is 0.964. The van der Waals surface area contributed by atoms with Gasteiger partial charge in [-0.15, -0.1) is 0 Å². The molecule has 230 valence electrons. The number of anilines is 1. The molecule has 0 radical (unpaired) electrons. The summed E-state index contributed by atoms with van der Waals surface area (Å²) < 4.78 is 40.4. The maximum Gasteiger partial charge on any atom is 0.264 e. The van der Waals surface area contributed by atoms with Crippen molar-refractivity contribution in [1.29, 1.82) is 0 Å². The second-order valence-corrected chi connectivity index (χ2v) is 12.8. The maximum atomic E-state index is 14.3. The van der Waals surface area contributed by atoms with Gasteiger partial charge in [-0.05, 0) is 56.2 Å². The molecule has 0 spiro atoms. The lowest BCUT2D eigenvalue weighted by atomic mass is 10.1. The number of benzene rings is 3. The number of hydrogen-bond acceptors (Lipinski definition) is 6. The molecule has 0 unspecified atom stereocenters. The molecule has 4 rings (SSSR count). The summed E-state index contributed by atoms with van der Waals surface area (Å²) in [5, 5.41) is 3.59. The third-order valence-corrected chi connectivity index (χ3v) is 9.70. The van der Waals surface area contributed by atoms with Crippen LogP contribution in [-0.4, -0.2) is 57.0 Å². The molecule has 1 aliphatic heterocycles. The number of fused-ring (bicyclic) bond motifs is 1. The van der Waals surface area contributed by atoms with Crippen LogP contribution in [0.1, 0.15) is 39.2 Å². The molecular weight excluding hydrogens is 613 g/mol. The standard InChI is InChI=1S/C31H35Cl2N3O6S/c1-4-21(3)34-31(38)27(5-2)35(19-24-25(32)12-9-13-26(24)33)30(37)20-36(43(39,40)23-10-7-6-8-11-23)22-14-15-28-29(18-22)42-17-16-41-28/h6-15,18,21,27H,4-5,16-17,19-20H2,1-3H3,(H,34,38)/t21-,27+/m0/s1. The first-order chi connectivity index (χ1) is 20.6. The van der Waals surface area contributed by atoms with Gasteiger partial charge in [-0.2, -0.15) is 0 Å². The van der Waals surface area contributed by atoms with E-state index < -0.39 is 28.5 Å². The summed E-state index contributed by atoms with van der Waals surface area (Å²) in [6.45, 7) is 5.56. The van der Waals surface area contributed by atoms with E-state index in [1.807, 2.05) is 13.8 Å². The number of carbonyl (C=O) groups is 2. The Balaban J connectivity index is 1.78. The van der Waals surface area contributed by atoms with Gasteiger partial charge >= 0.3 is 0 Å². The van der Waals surface area contributed by atoms with Crippen molar-refractivity contribution in [2.45, 2.75) is 57.1 Å². The van der Waals surface area contributed by atoms with Crippen LogP contribution < -0.4 is 19.1 Å². The van der Waals surface area contributed by atoms with E-state index in [4.69, 9.17) is 32.7 Å². The Bertz CT molecular complexity index is 1530. The van der Waals surface area contributed by atoms with Crippen LogP contribution in [0.3, 0.4) is 0 Å². The number of carbonyl (C=O) groups excluding carboxylic acids is 2. The van der Waals surface area contributed by atoms with Gasteiger partial charge < -0.3 is 19.7 Å². The van der Waals surface area contributed by atoms with Crippen LogP contribution in [0.4, 0.5) is 5.69 Å². The highest BCUT2D eigenvalue weighted by atomic mass is 35.5. The molecule has 9 nitrogen and oxygen atoms in total. The molecule has 3 aromatic rings. The topological polar surface area (TPSA) is 105 Å². The number of rotatable bonds is 12. The van der Waals surface area contributed by atoms with Gasteiger partial charge in [0, 0.05) is 34.3 Å². The van der Waals surface area contributed by atoms with Gasteiger partial charge in [0.15, 0.2) is 11.5 Å². The molecule has 1 N–H and O–H groups in total. The first-order valence-corrected chi connectivity index (χ1v) is 16.3. The number of nitrogens with one attached hydrogen (secondary N) is 1. The Labute approximate surface area is 262 Å². The zero-order chi connectivity index (χ0) is 31.1. The van der Waals surface area contributed by atoms with E-state index in [0.29, 0.717) is 46.7 Å². The molecule has 2 atom stereocenters. The first kappa shape index (κ1) is 32.4. The van der Waals surface area contributed by atoms with Crippen molar-refractivity contribution in [3.63, 3.8) is 0 Å². The lowest BCUT2D eigenvalue weighted by Gasteiger charge is -2.34. The van der Waals surface area contributed by atoms with Crippen LogP contribution in [0, 0.1) is 0 Å². The normalized spacial score (nSPS) is 14.0. The fourth-order valence-corrected chi connectivity index (χ4v) is 6.59. The SMILES string of the molecule is CC[C@H](C(=O)N[C@@H](C)CC)N(Cc1c(Cl)cccc1Cl)C(=O)CN(c1ccc2c(c1)OCCO2)S(=O)(=O)c1ccccc1. The molecule has 0 aliphatic carbocycles. The maximum absolute atomic E-state index is 14.3. The molecule has 0 saturated heterocycles. The monoisotopic (exact) mass is 647 g/mol. The molecule has 1 heterocycles. The van der Waals surface area contributed by atoms with Gasteiger partial charge in [-0.1, -0.05) is 61.3 Å². The van der Waals surface area contributed by atoms with E-state index >= 15 is 0 Å². The third kappa shape index (κ3) is 7.55. The number of amides is 2. The lowest BCUT2D eigenvalue weighted by molar-refractivity contribution is -0.140. The van der Waals surface area contributed by atoms with Gasteiger partial charge in [-0.25, -0.2) is 8.42 Å². The Morgan fingerprint density at radius 1 is 0.907 bits per heavy atom. The second-order valence-electron chi connectivity index (χ2n) is 10.1. The smallest absolute Gasteiger partial charge is 0.264 e. The van der Waals surface area contributed by atoms with E-state index in [-0.39, 0.29) is 35.5 Å². The van der Waals surface area contributed by atoms with E-state index in [1.165, 1.54) is 23.1 Å². The van der Waals surface area contributed by atoms with Crippen molar-refractivity contribution >= 4 is 50.7 Å². The third-order valence-electron chi connectivity index (χ3n) is 7.20. The number of hydrogen-bond donors (Lipinski definition) is 1. The average Bonchev–Trinajstić information content (AvgIpc) is 3.01. The Morgan fingerprint density at radius 3 is 2.19 bits per heavy atom. The minimum absolute atomic E-state index is 0.0000532. The van der Waals surface area contributed by atoms with Gasteiger partial charge in [0.2, 0.25) is 11.8 Å². The van der Waals surface area contributed by atoms with Gasteiger partial charge in [0.25, 0.3) is 10.0 Å². The molecule has 43 heavy (non-hydrogen) atoms. The van der Waals surface area contributed by atoms with Gasteiger partial charge in [0.05, 0.1) is 10.6 Å². The zero-order valence-corrected chi connectivity index (χ0v) is 26.6. The predicted molar refractivity (Wildman–Crippen MR) is 167 cm³/mol. The van der Waals surface area contributed by atoms with Crippen molar-refractivity contribution in [1.82, 2.24) is 10.2 Å². The van der Waals surface area contributed by atoms with E-state index in [0.717, 1.165) is 4.31 Å². The van der Waals surface area contributed by atoms with Gasteiger partial charge in [0.1, 0.15) is 25.8 Å². The summed E-state index contributed by atoms with van der Waals surface area (Å²) in [6, 6.07) is 16.5. The molecule has 0 aromatic heterocycles. The second kappa shape index (κ2) is 14.3. The summed E-state index contributed by atoms with van der Waals surface area (Å²) in [4.78, 5) is 29.1. The quantitative estimate of drug-likeness (QED) is 0.271. The predicted octanol–water partition coefficient (Wildman–Crippen LogP) is 5.68. The van der Waals surface area contributed by atoms with Gasteiger partial charge in [-0.3, -0.25) is 13.9 Å². The van der Waals surface area contributed by atoms with Crippen molar-refractivity contribution in [2.75, 3.05) is 24.1 Å². The van der Waals surface area contributed by atoms with Crippen LogP contribution in [-0.2, 0) is 26.2 Å². The molecule has 2 amide bonds. The van der Waals surface area contributed by atoms with Crippen LogP contribution >= 0.6 is 23.2 Å². The first-order valence-electron chi connectivity index (χ1n) is 14.1. The molecule has 12 heteroatoms. The minimum Gasteiger partial charge on any atom is -0.486 e. The van der Waals surface area contributed by atoms with Crippen LogP contribution in [0.2, 0.25) is 10.0 Å². The van der Waals surface area contributed by atoms with Crippen molar-refractivity contribution < 1.29 is 27.5 Å². The van der Waals surface area contributed by atoms with Crippen molar-refractivity contribution in [3.05, 3.63) is 82.3 Å². The summed E-state index contributed by atoms with van der Waals surface area (Å²) in [5.74, 6) is -0.133. The molecule has 0 saturated carbocycles. The fraction of sp³-hybridized carbons (Fsp3) is 0.355. The molecule has 0 fully saturated rings. The van der Waals surface area contributed by atoms with E-state index in [9.17, 15) is 18.0 Å². The number of halogens is 2. The average molecular weight is 649 g/mol. The highest BCUT2D eigenvalue weighted by molar-refractivity contribution is 7.92. The summed E-state index contributed by atoms with van der Waals surface area (Å²) >= 11 is 13.0. The summed E-state index contributed by atoms with van der Waals surface area (Å²) in [5.41, 5.74) is 0.653. The molecule has 3 aromatic carbocycles. The van der Waals surface area contributed by atoms with Crippen molar-refractivity contribution in [2.24, 2.45) is 0 Å². The highest BCUT2D eigenvalue weighted by Crippen LogP contribution is 2.36. The molecular formula is C31H35Cl2N3O6S. The lowest BCUT2D eigenvalue weighted by Crippen LogP contribution is -2.53.